The van der Waals surface area contributed by atoms with Gasteiger partial charge in [-0.3, -0.25) is 9.98 Å². The van der Waals surface area contributed by atoms with Crippen molar-refractivity contribution in [2.45, 2.75) is 13.6 Å². The maximum absolute atomic E-state index is 5.71. The molecule has 3 aromatic heterocycles. The molecule has 7 aromatic rings. The van der Waals surface area contributed by atoms with Crippen LogP contribution in [0.15, 0.2) is 144 Å². The Bertz CT molecular complexity index is 2320. The fraction of sp³-hybridized carbons (Fsp3) is 0.0526. The van der Waals surface area contributed by atoms with E-state index >= 15 is 0 Å². The van der Waals surface area contributed by atoms with Crippen molar-refractivity contribution < 1.29 is 0 Å². The molecule has 0 aliphatic carbocycles. The Morgan fingerprint density at radius 2 is 1.44 bits per heavy atom. The van der Waals surface area contributed by atoms with Crippen LogP contribution < -0.4 is 5.73 Å². The number of hydrogen-bond donors (Lipinski definition) is 1. The summed E-state index contributed by atoms with van der Waals surface area (Å²) in [4.78, 5) is 9.53. The van der Waals surface area contributed by atoms with E-state index in [-0.39, 0.29) is 0 Å². The van der Waals surface area contributed by atoms with Gasteiger partial charge in [0, 0.05) is 22.0 Å². The number of nitrogens with two attached hydrogens (primary N) is 1. The van der Waals surface area contributed by atoms with Gasteiger partial charge in [-0.2, -0.15) is 0 Å². The molecule has 7 heteroatoms. The molecular formula is C38H31N7. The molecule has 0 aliphatic heterocycles. The monoisotopic (exact) mass is 585 g/mol. The Balaban J connectivity index is 1.48. The van der Waals surface area contributed by atoms with Crippen LogP contribution in [0.5, 0.6) is 0 Å². The molecule has 0 saturated heterocycles. The van der Waals surface area contributed by atoms with Crippen molar-refractivity contribution in [3.05, 3.63) is 145 Å². The van der Waals surface area contributed by atoms with Gasteiger partial charge in [0.1, 0.15) is 12.2 Å². The van der Waals surface area contributed by atoms with E-state index in [1.807, 2.05) is 85.0 Å². The molecule has 0 saturated carbocycles. The largest absolute Gasteiger partial charge is 0.405 e. The predicted octanol–water partition coefficient (Wildman–Crippen LogP) is 8.21. The first-order valence-electron chi connectivity index (χ1n) is 14.8. The predicted molar refractivity (Wildman–Crippen MR) is 188 cm³/mol. The lowest BCUT2D eigenvalue weighted by Gasteiger charge is -2.09. The zero-order chi connectivity index (χ0) is 30.8. The molecule has 2 N–H and O–H groups in total. The third-order valence-corrected chi connectivity index (χ3v) is 8.04. The van der Waals surface area contributed by atoms with Gasteiger partial charge in [-0.1, -0.05) is 97.1 Å². The quantitative estimate of drug-likeness (QED) is 0.144. The van der Waals surface area contributed by atoms with E-state index in [0.29, 0.717) is 6.67 Å². The van der Waals surface area contributed by atoms with Gasteiger partial charge in [0.15, 0.2) is 5.65 Å². The van der Waals surface area contributed by atoms with E-state index in [1.165, 1.54) is 0 Å². The highest BCUT2D eigenvalue weighted by atomic mass is 15.2. The second-order valence-electron chi connectivity index (χ2n) is 10.7. The first kappa shape index (κ1) is 27.7. The van der Waals surface area contributed by atoms with Crippen molar-refractivity contribution in [3.63, 3.8) is 0 Å². The highest BCUT2D eigenvalue weighted by Gasteiger charge is 2.21. The van der Waals surface area contributed by atoms with Crippen molar-refractivity contribution in [2.75, 3.05) is 0 Å². The van der Waals surface area contributed by atoms with Crippen molar-refractivity contribution in [2.24, 2.45) is 15.7 Å². The maximum atomic E-state index is 5.71. The first-order chi connectivity index (χ1) is 22.2. The minimum atomic E-state index is 0.328. The summed E-state index contributed by atoms with van der Waals surface area (Å²) in [5.41, 5.74) is 14.9. The lowest BCUT2D eigenvalue weighted by atomic mass is 10.1. The molecule has 7 nitrogen and oxygen atoms in total. The van der Waals surface area contributed by atoms with Crippen LogP contribution in [-0.2, 0) is 6.67 Å². The Kier molecular flexibility index (Phi) is 7.33. The third kappa shape index (κ3) is 4.90. The molecule has 7 rings (SSSR count). The zero-order valence-corrected chi connectivity index (χ0v) is 24.9. The van der Waals surface area contributed by atoms with Crippen LogP contribution in [-0.4, -0.2) is 31.8 Å². The molecule has 45 heavy (non-hydrogen) atoms. The second-order valence-corrected chi connectivity index (χ2v) is 10.7. The van der Waals surface area contributed by atoms with Gasteiger partial charge in [0.2, 0.25) is 0 Å². The number of benzene rings is 4. The van der Waals surface area contributed by atoms with Crippen molar-refractivity contribution >= 4 is 67.7 Å². The normalized spacial score (nSPS) is 13.1. The number of para-hydroxylation sites is 2. The van der Waals surface area contributed by atoms with Crippen LogP contribution in [0.1, 0.15) is 18.1 Å². The smallest absolute Gasteiger partial charge is 0.167 e. The number of nitrogens with zero attached hydrogens (tertiary/aromatic N) is 6. The van der Waals surface area contributed by atoms with Gasteiger partial charge < -0.3 is 14.9 Å². The third-order valence-electron chi connectivity index (χ3n) is 8.04. The minimum absolute atomic E-state index is 0.328. The number of hydrogen-bond acceptors (Lipinski definition) is 5. The number of allylic oxidation sites excluding steroid dienone is 4. The van der Waals surface area contributed by atoms with E-state index in [9.17, 15) is 0 Å². The lowest BCUT2D eigenvalue weighted by molar-refractivity contribution is 0.778. The van der Waals surface area contributed by atoms with E-state index in [2.05, 4.69) is 70.2 Å². The first-order valence-corrected chi connectivity index (χ1v) is 14.8. The number of rotatable bonds is 8. The Hall–Kier alpha value is -6.08. The standard InChI is InChI=1S/C38H31N7/c1-26(14-13-23-39)45-34-22-12-10-20-30(34)36-37(45)35-29-19-9-11-21-33(29)44(38(35)43-42-36)25-41-32(28-17-7-4-8-18-28)24-31(40-2)27-15-5-3-6-16-27/h3-24H,2,25,39H2,1H3/b23-13-,26-14+,31-24-,41-32+. The van der Waals surface area contributed by atoms with Crippen molar-refractivity contribution in [3.8, 4) is 0 Å². The van der Waals surface area contributed by atoms with Crippen molar-refractivity contribution in [1.82, 2.24) is 19.3 Å². The molecule has 0 spiro atoms. The number of aromatic nitrogens is 4. The fourth-order valence-electron chi connectivity index (χ4n) is 5.99. The molecule has 0 radical (unpaired) electrons. The Morgan fingerprint density at radius 3 is 2.16 bits per heavy atom. The average Bonchev–Trinajstić information content (AvgIpc) is 3.61. The second kappa shape index (κ2) is 11.9. The van der Waals surface area contributed by atoms with Gasteiger partial charge in [0.05, 0.1) is 33.3 Å². The topological polar surface area (TPSA) is 86.4 Å². The summed E-state index contributed by atoms with van der Waals surface area (Å²) < 4.78 is 4.39. The summed E-state index contributed by atoms with van der Waals surface area (Å²) in [6.45, 7) is 6.26. The van der Waals surface area contributed by atoms with Crippen LogP contribution in [0.2, 0.25) is 0 Å². The van der Waals surface area contributed by atoms with Gasteiger partial charge in [-0.25, -0.2) is 0 Å². The maximum Gasteiger partial charge on any atom is 0.167 e. The average molecular weight is 586 g/mol. The van der Waals surface area contributed by atoms with E-state index in [0.717, 1.165) is 72.1 Å². The molecule has 3 heterocycles. The summed E-state index contributed by atoms with van der Waals surface area (Å²) >= 11 is 0. The van der Waals surface area contributed by atoms with Crippen LogP contribution in [0.3, 0.4) is 0 Å². The molecule has 0 bridgehead atoms. The lowest BCUT2D eigenvalue weighted by Crippen LogP contribution is -2.04. The molecular weight excluding hydrogens is 554 g/mol. The minimum Gasteiger partial charge on any atom is -0.405 e. The molecule has 0 unspecified atom stereocenters. The van der Waals surface area contributed by atoms with Gasteiger partial charge in [0.25, 0.3) is 0 Å². The Morgan fingerprint density at radius 1 is 0.800 bits per heavy atom. The summed E-state index contributed by atoms with van der Waals surface area (Å²) in [5.74, 6) is 0. The van der Waals surface area contributed by atoms with Crippen LogP contribution in [0.25, 0.3) is 55.3 Å². The number of fused-ring (bicyclic) bond motifs is 7. The molecule has 4 aromatic carbocycles. The van der Waals surface area contributed by atoms with Crippen LogP contribution in [0, 0.1) is 0 Å². The molecule has 0 aliphatic rings. The summed E-state index contributed by atoms with van der Waals surface area (Å²) in [5, 5.41) is 12.8. The van der Waals surface area contributed by atoms with Gasteiger partial charge >= 0.3 is 0 Å². The zero-order valence-electron chi connectivity index (χ0n) is 24.9. The summed E-state index contributed by atoms with van der Waals surface area (Å²) in [6, 6.07) is 36.8. The molecule has 0 amide bonds. The van der Waals surface area contributed by atoms with Crippen LogP contribution in [0.4, 0.5) is 0 Å². The van der Waals surface area contributed by atoms with E-state index in [4.69, 9.17) is 20.9 Å². The van der Waals surface area contributed by atoms with Gasteiger partial charge in [-0.05, 0) is 55.8 Å². The summed E-state index contributed by atoms with van der Waals surface area (Å²) in [6.07, 6.45) is 7.39. The van der Waals surface area contributed by atoms with Crippen molar-refractivity contribution in [1.29, 1.82) is 0 Å². The summed E-state index contributed by atoms with van der Waals surface area (Å²) in [7, 11) is 0. The highest BCUT2D eigenvalue weighted by Crippen LogP contribution is 2.38. The highest BCUT2D eigenvalue weighted by molar-refractivity contribution is 6.23. The van der Waals surface area contributed by atoms with E-state index < -0.39 is 0 Å². The molecule has 218 valence electrons. The Labute approximate surface area is 260 Å². The number of aliphatic imine (C=N–C) groups is 2. The van der Waals surface area contributed by atoms with E-state index in [1.54, 1.807) is 6.20 Å². The molecule has 0 fully saturated rings. The molecule has 0 atom stereocenters. The van der Waals surface area contributed by atoms with Gasteiger partial charge in [-0.15, -0.1) is 10.2 Å². The van der Waals surface area contributed by atoms with Crippen LogP contribution >= 0.6 is 0 Å². The SMILES string of the molecule is C=N/C(=C\C(=N/Cn1c2ccccc2c2c1nnc1c3ccccc3n(/C(C)=C/C=C\N)c12)c1ccccc1)c1ccccc1. The fourth-order valence-corrected chi connectivity index (χ4v) is 5.99.